The highest BCUT2D eigenvalue weighted by atomic mass is 16.5. The lowest BCUT2D eigenvalue weighted by atomic mass is 10.2. The Morgan fingerprint density at radius 3 is 2.95 bits per heavy atom. The summed E-state index contributed by atoms with van der Waals surface area (Å²) < 4.78 is 7.53. The van der Waals surface area contributed by atoms with E-state index in [4.69, 9.17) is 10.5 Å². The van der Waals surface area contributed by atoms with Gasteiger partial charge >= 0.3 is 0 Å². The van der Waals surface area contributed by atoms with Gasteiger partial charge in [-0.05, 0) is 30.3 Å². The Morgan fingerprint density at radius 2 is 2.16 bits per heavy atom. The van der Waals surface area contributed by atoms with Crippen LogP contribution in [-0.4, -0.2) is 14.8 Å². The van der Waals surface area contributed by atoms with E-state index in [9.17, 15) is 0 Å². The molecule has 0 saturated carbocycles. The molecule has 19 heavy (non-hydrogen) atoms. The molecule has 0 atom stereocenters. The molecule has 0 radical (unpaired) electrons. The number of aryl methyl sites for hydroxylation is 1. The van der Waals surface area contributed by atoms with Gasteiger partial charge in [-0.15, -0.1) is 0 Å². The van der Waals surface area contributed by atoms with Gasteiger partial charge in [0.2, 0.25) is 0 Å². The number of nitrogens with zero attached hydrogens (tertiary/aromatic N) is 3. The number of hydrogen-bond acceptors (Lipinski definition) is 4. The molecule has 3 rings (SSSR count). The lowest BCUT2D eigenvalue weighted by Crippen LogP contribution is -1.99. The molecule has 2 N–H and O–H groups in total. The number of ether oxygens (including phenoxy) is 1. The zero-order chi connectivity index (χ0) is 13.2. The Bertz CT molecular complexity index is 720. The quantitative estimate of drug-likeness (QED) is 0.727. The van der Waals surface area contributed by atoms with Crippen LogP contribution in [0.3, 0.4) is 0 Å². The maximum absolute atomic E-state index is 5.92. The van der Waals surface area contributed by atoms with Crippen molar-refractivity contribution in [1.82, 2.24) is 14.8 Å². The highest BCUT2D eigenvalue weighted by Crippen LogP contribution is 2.28. The second-order valence-corrected chi connectivity index (χ2v) is 4.32. The van der Waals surface area contributed by atoms with E-state index in [0.717, 1.165) is 22.3 Å². The summed E-state index contributed by atoms with van der Waals surface area (Å²) in [6.07, 6.45) is 3.62. The van der Waals surface area contributed by atoms with E-state index < -0.39 is 0 Å². The summed E-state index contributed by atoms with van der Waals surface area (Å²) in [5, 5.41) is 5.17. The molecule has 0 aliphatic rings. The second-order valence-electron chi connectivity index (χ2n) is 4.32. The van der Waals surface area contributed by atoms with Crippen LogP contribution in [0.25, 0.3) is 10.9 Å². The van der Waals surface area contributed by atoms with E-state index in [1.165, 1.54) is 0 Å². The zero-order valence-electron chi connectivity index (χ0n) is 10.6. The van der Waals surface area contributed by atoms with Crippen molar-refractivity contribution >= 4 is 16.6 Å². The first kappa shape index (κ1) is 11.5. The van der Waals surface area contributed by atoms with E-state index in [1.54, 1.807) is 10.9 Å². The highest BCUT2D eigenvalue weighted by Gasteiger charge is 2.07. The third-order valence-electron chi connectivity index (χ3n) is 2.91. The van der Waals surface area contributed by atoms with Gasteiger partial charge in [-0.3, -0.25) is 9.67 Å². The Balaban J connectivity index is 1.91. The van der Waals surface area contributed by atoms with Gasteiger partial charge in [0, 0.05) is 30.5 Å². The van der Waals surface area contributed by atoms with Crippen LogP contribution in [0.15, 0.2) is 42.7 Å². The molecule has 0 unspecified atom stereocenters. The number of nitrogen functional groups attached to an aromatic ring is 1. The lowest BCUT2D eigenvalue weighted by molar-refractivity contribution is 0.303. The number of benzene rings is 1. The molecule has 0 aliphatic carbocycles. The fourth-order valence-electron chi connectivity index (χ4n) is 1.98. The maximum atomic E-state index is 5.92. The van der Waals surface area contributed by atoms with Gasteiger partial charge in [-0.1, -0.05) is 0 Å². The summed E-state index contributed by atoms with van der Waals surface area (Å²) in [4.78, 5) is 4.33. The van der Waals surface area contributed by atoms with Crippen LogP contribution in [0.2, 0.25) is 0 Å². The van der Waals surface area contributed by atoms with Crippen LogP contribution in [0.5, 0.6) is 5.75 Å². The number of nitrogens with two attached hydrogens (primary N) is 1. The minimum absolute atomic E-state index is 0.413. The average molecular weight is 254 g/mol. The normalized spacial score (nSPS) is 10.8. The summed E-state index contributed by atoms with van der Waals surface area (Å²) in [6, 6.07) is 9.39. The van der Waals surface area contributed by atoms with E-state index in [0.29, 0.717) is 12.3 Å². The minimum atomic E-state index is 0.413. The van der Waals surface area contributed by atoms with Crippen LogP contribution in [0, 0.1) is 0 Å². The highest BCUT2D eigenvalue weighted by molar-refractivity contribution is 5.94. The third kappa shape index (κ3) is 2.22. The Kier molecular flexibility index (Phi) is 2.79. The van der Waals surface area contributed by atoms with Gasteiger partial charge in [0.1, 0.15) is 17.9 Å². The van der Waals surface area contributed by atoms with Gasteiger partial charge in [0.05, 0.1) is 5.69 Å². The second kappa shape index (κ2) is 4.61. The van der Waals surface area contributed by atoms with Crippen molar-refractivity contribution in [3.63, 3.8) is 0 Å². The molecule has 0 saturated heterocycles. The van der Waals surface area contributed by atoms with Gasteiger partial charge < -0.3 is 10.5 Å². The molecular weight excluding hydrogens is 240 g/mol. The minimum Gasteiger partial charge on any atom is -0.485 e. The summed E-state index contributed by atoms with van der Waals surface area (Å²) >= 11 is 0. The monoisotopic (exact) mass is 254 g/mol. The van der Waals surface area contributed by atoms with Crippen LogP contribution in [0.1, 0.15) is 5.69 Å². The molecule has 96 valence electrons. The van der Waals surface area contributed by atoms with Crippen molar-refractivity contribution in [2.45, 2.75) is 6.61 Å². The summed E-state index contributed by atoms with van der Waals surface area (Å²) in [5.74, 6) is 0.718. The van der Waals surface area contributed by atoms with Gasteiger partial charge in [-0.25, -0.2) is 0 Å². The largest absolute Gasteiger partial charge is 0.485 e. The average Bonchev–Trinajstić information content (AvgIpc) is 2.84. The van der Waals surface area contributed by atoms with E-state index in [-0.39, 0.29) is 0 Å². The third-order valence-corrected chi connectivity index (χ3v) is 2.91. The molecule has 5 heteroatoms. The van der Waals surface area contributed by atoms with Crippen LogP contribution in [-0.2, 0) is 13.7 Å². The number of rotatable bonds is 3. The topological polar surface area (TPSA) is 66.0 Å². The number of pyridine rings is 1. The smallest absolute Gasteiger partial charge is 0.146 e. The van der Waals surface area contributed by atoms with Crippen molar-refractivity contribution in [3.8, 4) is 5.75 Å². The summed E-state index contributed by atoms with van der Waals surface area (Å²) in [6.45, 7) is 0.413. The van der Waals surface area contributed by atoms with E-state index >= 15 is 0 Å². The fourth-order valence-corrected chi connectivity index (χ4v) is 1.98. The van der Waals surface area contributed by atoms with E-state index in [2.05, 4.69) is 10.1 Å². The maximum Gasteiger partial charge on any atom is 0.146 e. The molecule has 0 fully saturated rings. The van der Waals surface area contributed by atoms with Crippen LogP contribution >= 0.6 is 0 Å². The molecule has 0 bridgehead atoms. The van der Waals surface area contributed by atoms with Gasteiger partial charge in [-0.2, -0.15) is 5.10 Å². The first-order valence-corrected chi connectivity index (χ1v) is 5.98. The molecule has 2 heterocycles. The Morgan fingerprint density at radius 1 is 1.26 bits per heavy atom. The fraction of sp³-hybridized carbons (Fsp3) is 0.143. The van der Waals surface area contributed by atoms with Crippen molar-refractivity contribution < 1.29 is 4.74 Å². The molecule has 0 spiro atoms. The predicted molar refractivity (Wildman–Crippen MR) is 73.7 cm³/mol. The molecule has 5 nitrogen and oxygen atoms in total. The first-order valence-electron chi connectivity index (χ1n) is 5.98. The molecule has 1 aromatic carbocycles. The van der Waals surface area contributed by atoms with Gasteiger partial charge in [0.15, 0.2) is 0 Å². The van der Waals surface area contributed by atoms with Crippen molar-refractivity contribution in [2.75, 3.05) is 5.73 Å². The number of anilines is 1. The predicted octanol–water partition coefficient (Wildman–Crippen LogP) is 2.13. The SMILES string of the molecule is Cn1ccc(COc2ccc(N)c3cccnc23)n1. The van der Waals surface area contributed by atoms with Crippen molar-refractivity contribution in [1.29, 1.82) is 0 Å². The van der Waals surface area contributed by atoms with Crippen LogP contribution in [0.4, 0.5) is 5.69 Å². The first-order chi connectivity index (χ1) is 9.24. The van der Waals surface area contributed by atoms with Gasteiger partial charge in [0.25, 0.3) is 0 Å². The summed E-state index contributed by atoms with van der Waals surface area (Å²) in [7, 11) is 1.88. The Labute approximate surface area is 110 Å². The lowest BCUT2D eigenvalue weighted by Gasteiger charge is -2.08. The van der Waals surface area contributed by atoms with Crippen molar-refractivity contribution in [2.24, 2.45) is 7.05 Å². The Hall–Kier alpha value is -2.56. The van der Waals surface area contributed by atoms with Crippen LogP contribution < -0.4 is 10.5 Å². The molecule has 0 amide bonds. The van der Waals surface area contributed by atoms with E-state index in [1.807, 2.05) is 43.6 Å². The number of aromatic nitrogens is 3. The summed E-state index contributed by atoms with van der Waals surface area (Å²) in [5.41, 5.74) is 8.28. The molecule has 3 aromatic rings. The zero-order valence-corrected chi connectivity index (χ0v) is 10.6. The number of fused-ring (bicyclic) bond motifs is 1. The standard InChI is InChI=1S/C14H14N4O/c1-18-8-6-10(17-18)9-19-13-5-4-12(15)11-3-2-7-16-14(11)13/h2-8H,9,15H2,1H3. The molecular formula is C14H14N4O. The molecule has 2 aromatic heterocycles. The molecule has 0 aliphatic heterocycles. The van der Waals surface area contributed by atoms with Crippen molar-refractivity contribution in [3.05, 3.63) is 48.4 Å². The number of hydrogen-bond donors (Lipinski definition) is 1.